The van der Waals surface area contributed by atoms with Gasteiger partial charge in [-0.15, -0.1) is 0 Å². The van der Waals surface area contributed by atoms with E-state index in [1.807, 2.05) is 24.4 Å². The van der Waals surface area contributed by atoms with Crippen LogP contribution in [0.1, 0.15) is 54.7 Å². The molecule has 4 saturated carbocycles. The van der Waals surface area contributed by atoms with E-state index < -0.39 is 0 Å². The first-order chi connectivity index (χ1) is 19.4. The number of benzene rings is 1. The number of nitrogens with two attached hydrogens (primary N) is 1. The molecule has 9 nitrogen and oxygen atoms in total. The Morgan fingerprint density at radius 1 is 1.02 bits per heavy atom. The monoisotopic (exact) mass is 533 g/mol. The Bertz CT molecular complexity index is 1630. The van der Waals surface area contributed by atoms with Crippen LogP contribution in [0, 0.1) is 11.8 Å². The molecule has 2 atom stereocenters. The van der Waals surface area contributed by atoms with E-state index in [0.717, 1.165) is 54.7 Å². The Morgan fingerprint density at radius 3 is 2.50 bits per heavy atom. The van der Waals surface area contributed by atoms with Gasteiger partial charge in [-0.2, -0.15) is 0 Å². The Balaban J connectivity index is 1.27. The van der Waals surface area contributed by atoms with Crippen molar-refractivity contribution in [3.8, 4) is 11.3 Å². The van der Waals surface area contributed by atoms with E-state index >= 15 is 0 Å². The molecule has 0 saturated heterocycles. The molecule has 8 rings (SSSR count). The summed E-state index contributed by atoms with van der Waals surface area (Å²) in [5.74, 6) is 2.63. The number of nitrogens with zero attached hydrogens (tertiary/aromatic N) is 4. The van der Waals surface area contributed by atoms with Crippen molar-refractivity contribution in [2.24, 2.45) is 11.8 Å². The lowest BCUT2D eigenvalue weighted by atomic mass is 9.46. The van der Waals surface area contributed by atoms with Crippen molar-refractivity contribution in [2.45, 2.75) is 49.5 Å². The molecule has 4 bridgehead atoms. The van der Waals surface area contributed by atoms with Crippen LogP contribution in [0.5, 0.6) is 0 Å². The lowest BCUT2D eigenvalue weighted by Crippen LogP contribution is -2.64. The molecule has 3 aromatic heterocycles. The Hall–Kier alpha value is -4.53. The van der Waals surface area contributed by atoms with E-state index in [2.05, 4.69) is 31.6 Å². The van der Waals surface area contributed by atoms with E-state index in [4.69, 9.17) is 10.7 Å². The molecule has 2 amide bonds. The smallest absolute Gasteiger partial charge is 0.256 e. The van der Waals surface area contributed by atoms with Crippen LogP contribution >= 0.6 is 0 Å². The standard InChI is InChI=1S/C31H31N7O2/c1-2-24(39)37-31-16-19-13-20(17-31)15-30(14-19,18-31)29-36-25(26-27(32)34-11-12-38(26)29)21-6-8-22(9-7-21)28(40)35-23-5-3-4-10-33-23/h2-12,19-20H,1,13-18H2,(H2,32,34)(H,37,39)(H,33,35,40). The quantitative estimate of drug-likeness (QED) is 0.313. The highest BCUT2D eigenvalue weighted by atomic mass is 16.2. The van der Waals surface area contributed by atoms with Gasteiger partial charge in [-0.3, -0.25) is 14.0 Å². The summed E-state index contributed by atoms with van der Waals surface area (Å²) in [6.45, 7) is 3.68. The van der Waals surface area contributed by atoms with Crippen molar-refractivity contribution in [2.75, 3.05) is 11.1 Å². The summed E-state index contributed by atoms with van der Waals surface area (Å²) in [7, 11) is 0. The third kappa shape index (κ3) is 3.95. The first kappa shape index (κ1) is 24.5. The van der Waals surface area contributed by atoms with Crippen LogP contribution in [0.3, 0.4) is 0 Å². The molecule has 202 valence electrons. The SMILES string of the molecule is C=CC(=O)NC12CC3CC(C1)CC(c1nc(-c4ccc(C(=O)Nc5ccccn5)cc4)c4c(N)nccn14)(C3)C2. The maximum Gasteiger partial charge on any atom is 0.256 e. The lowest BCUT2D eigenvalue weighted by molar-refractivity contribution is -0.123. The van der Waals surface area contributed by atoms with E-state index in [-0.39, 0.29) is 22.8 Å². The van der Waals surface area contributed by atoms with Crippen LogP contribution in [0.15, 0.2) is 73.7 Å². The first-order valence-electron chi connectivity index (χ1n) is 13.8. The zero-order chi connectivity index (χ0) is 27.5. The number of rotatable bonds is 6. The number of imidazole rings is 1. The van der Waals surface area contributed by atoms with E-state index in [1.54, 1.807) is 36.7 Å². The average Bonchev–Trinajstić information content (AvgIpc) is 3.35. The van der Waals surface area contributed by atoms with Gasteiger partial charge in [-0.1, -0.05) is 24.8 Å². The second kappa shape index (κ2) is 9.01. The number of carbonyl (C=O) groups excluding carboxylic acids is 2. The minimum absolute atomic E-state index is 0.105. The first-order valence-corrected chi connectivity index (χ1v) is 13.8. The molecule has 0 spiro atoms. The van der Waals surface area contributed by atoms with Crippen LogP contribution in [0.4, 0.5) is 11.6 Å². The molecule has 0 aliphatic heterocycles. The maximum atomic E-state index is 12.8. The maximum absolute atomic E-state index is 12.8. The Kier molecular flexibility index (Phi) is 5.52. The van der Waals surface area contributed by atoms with Gasteiger partial charge in [0.25, 0.3) is 5.91 Å². The summed E-state index contributed by atoms with van der Waals surface area (Å²) < 4.78 is 2.11. The van der Waals surface area contributed by atoms with Crippen molar-refractivity contribution in [3.05, 3.63) is 85.1 Å². The van der Waals surface area contributed by atoms with Crippen molar-refractivity contribution in [1.82, 2.24) is 24.7 Å². The van der Waals surface area contributed by atoms with Crippen molar-refractivity contribution < 1.29 is 9.59 Å². The number of aromatic nitrogens is 4. The molecule has 4 fully saturated rings. The van der Waals surface area contributed by atoms with Crippen LogP contribution in [0.25, 0.3) is 16.8 Å². The fourth-order valence-electron chi connectivity index (χ4n) is 8.03. The van der Waals surface area contributed by atoms with Crippen molar-refractivity contribution >= 4 is 29.0 Å². The Labute approximate surface area is 231 Å². The number of nitrogen functional groups attached to an aromatic ring is 1. The van der Waals surface area contributed by atoms with Gasteiger partial charge in [0.1, 0.15) is 28.7 Å². The third-order valence-corrected chi connectivity index (χ3v) is 9.02. The minimum Gasteiger partial charge on any atom is -0.382 e. The van der Waals surface area contributed by atoms with Gasteiger partial charge in [-0.05, 0) is 80.7 Å². The number of carbonyl (C=O) groups is 2. The van der Waals surface area contributed by atoms with Crippen molar-refractivity contribution in [1.29, 1.82) is 0 Å². The average molecular weight is 534 g/mol. The molecular formula is C31H31N7O2. The summed E-state index contributed by atoms with van der Waals surface area (Å²) in [4.78, 5) is 39.1. The third-order valence-electron chi connectivity index (χ3n) is 9.02. The number of fused-ring (bicyclic) bond motifs is 1. The van der Waals surface area contributed by atoms with E-state index in [9.17, 15) is 9.59 Å². The minimum atomic E-state index is -0.234. The molecule has 2 unspecified atom stereocenters. The summed E-state index contributed by atoms with van der Waals surface area (Å²) in [5, 5.41) is 6.15. The molecule has 4 N–H and O–H groups in total. The zero-order valence-corrected chi connectivity index (χ0v) is 22.1. The summed E-state index contributed by atoms with van der Waals surface area (Å²) in [5.41, 5.74) is 8.95. The Morgan fingerprint density at radius 2 is 1.80 bits per heavy atom. The molecule has 3 heterocycles. The highest BCUT2D eigenvalue weighted by molar-refractivity contribution is 6.04. The highest BCUT2D eigenvalue weighted by Crippen LogP contribution is 2.62. The summed E-state index contributed by atoms with van der Waals surface area (Å²) >= 11 is 0. The fraction of sp³-hybridized carbons (Fsp3) is 0.323. The molecule has 4 aliphatic rings. The zero-order valence-electron chi connectivity index (χ0n) is 22.1. The van der Waals surface area contributed by atoms with Gasteiger partial charge in [0.05, 0.1) is 0 Å². The van der Waals surface area contributed by atoms with Gasteiger partial charge in [0.15, 0.2) is 0 Å². The normalized spacial score (nSPS) is 26.5. The predicted molar refractivity (Wildman–Crippen MR) is 152 cm³/mol. The van der Waals surface area contributed by atoms with Crippen LogP contribution < -0.4 is 16.4 Å². The molecule has 4 aromatic rings. The lowest BCUT2D eigenvalue weighted by Gasteiger charge is -2.61. The molecule has 40 heavy (non-hydrogen) atoms. The van der Waals surface area contributed by atoms with Crippen LogP contribution in [-0.4, -0.2) is 36.7 Å². The second-order valence-corrected chi connectivity index (χ2v) is 11.8. The number of hydrogen-bond acceptors (Lipinski definition) is 6. The van der Waals surface area contributed by atoms with Gasteiger partial charge in [-0.25, -0.2) is 15.0 Å². The molecular weight excluding hydrogens is 502 g/mol. The van der Waals surface area contributed by atoms with Gasteiger partial charge in [0, 0.05) is 40.7 Å². The predicted octanol–water partition coefficient (Wildman–Crippen LogP) is 4.52. The second-order valence-electron chi connectivity index (χ2n) is 11.8. The number of amides is 2. The number of hydrogen-bond donors (Lipinski definition) is 3. The largest absolute Gasteiger partial charge is 0.382 e. The summed E-state index contributed by atoms with van der Waals surface area (Å²) in [6, 6.07) is 12.7. The molecule has 4 aliphatic carbocycles. The van der Waals surface area contributed by atoms with Crippen molar-refractivity contribution in [3.63, 3.8) is 0 Å². The van der Waals surface area contributed by atoms with Gasteiger partial charge >= 0.3 is 0 Å². The molecule has 1 aromatic carbocycles. The van der Waals surface area contributed by atoms with E-state index in [1.165, 1.54) is 12.5 Å². The van der Waals surface area contributed by atoms with Gasteiger partial charge < -0.3 is 16.4 Å². The number of pyridine rings is 1. The van der Waals surface area contributed by atoms with Gasteiger partial charge in [0.2, 0.25) is 5.91 Å². The highest BCUT2D eigenvalue weighted by Gasteiger charge is 2.60. The molecule has 0 radical (unpaired) electrons. The molecule has 9 heteroatoms. The number of anilines is 2. The topological polar surface area (TPSA) is 127 Å². The van der Waals surface area contributed by atoms with Crippen LogP contribution in [0.2, 0.25) is 0 Å². The fourth-order valence-corrected chi connectivity index (χ4v) is 8.03. The summed E-state index contributed by atoms with van der Waals surface area (Å²) in [6.07, 6.45) is 12.8. The van der Waals surface area contributed by atoms with Crippen LogP contribution in [-0.2, 0) is 10.2 Å². The number of nitrogens with one attached hydrogen (secondary N) is 2. The van der Waals surface area contributed by atoms with E-state index in [0.29, 0.717) is 29.0 Å².